The van der Waals surface area contributed by atoms with Gasteiger partial charge in [-0.15, -0.1) is 0 Å². The van der Waals surface area contributed by atoms with Crippen molar-refractivity contribution in [3.8, 4) is 11.1 Å². The van der Waals surface area contributed by atoms with Gasteiger partial charge in [-0.05, 0) is 38.0 Å². The number of carbonyl (C=O) groups excluding carboxylic acids is 1. The Labute approximate surface area is 189 Å². The maximum atomic E-state index is 13.7. The summed E-state index contributed by atoms with van der Waals surface area (Å²) in [6.45, 7) is 7.31. The van der Waals surface area contributed by atoms with E-state index < -0.39 is 16.0 Å². The Kier molecular flexibility index (Phi) is 7.40. The number of furan rings is 1. The molecular formula is C25H29NO5S. The van der Waals surface area contributed by atoms with E-state index in [0.29, 0.717) is 17.7 Å². The van der Waals surface area contributed by atoms with Crippen molar-refractivity contribution in [3.05, 3.63) is 71.5 Å². The first-order valence-electron chi connectivity index (χ1n) is 10.7. The Balaban J connectivity index is 2.20. The Bertz CT molecular complexity index is 1170. The first kappa shape index (κ1) is 23.6. The summed E-state index contributed by atoms with van der Waals surface area (Å²) in [5.74, 6) is 0.235. The third-order valence-electron chi connectivity index (χ3n) is 5.25. The van der Waals surface area contributed by atoms with Crippen LogP contribution in [0.15, 0.2) is 63.9 Å². The van der Waals surface area contributed by atoms with Gasteiger partial charge in [0.2, 0.25) is 5.88 Å². The zero-order chi connectivity index (χ0) is 23.3. The van der Waals surface area contributed by atoms with Gasteiger partial charge in [0, 0.05) is 24.6 Å². The molecule has 1 heterocycles. The van der Waals surface area contributed by atoms with E-state index in [1.165, 1.54) is 11.2 Å². The number of benzene rings is 2. The van der Waals surface area contributed by atoms with E-state index in [-0.39, 0.29) is 23.9 Å². The predicted molar refractivity (Wildman–Crippen MR) is 125 cm³/mol. The minimum atomic E-state index is -3.88. The van der Waals surface area contributed by atoms with E-state index in [2.05, 4.69) is 0 Å². The number of esters is 1. The van der Waals surface area contributed by atoms with E-state index in [4.69, 9.17) is 9.15 Å². The molecule has 0 spiro atoms. The molecule has 0 radical (unpaired) electrons. The van der Waals surface area contributed by atoms with Crippen molar-refractivity contribution in [2.45, 2.75) is 52.0 Å². The SMILES string of the molecule is CCCCN(c1oc(COC(C)=O)c(C)c1-c1ccccc1)S(=O)(=O)c1ccc(C)cc1. The third kappa shape index (κ3) is 5.05. The van der Waals surface area contributed by atoms with Crippen molar-refractivity contribution >= 4 is 21.9 Å². The molecule has 6 nitrogen and oxygen atoms in total. The Hall–Kier alpha value is -3.06. The second kappa shape index (κ2) is 10.0. The minimum absolute atomic E-state index is 0.0623. The van der Waals surface area contributed by atoms with E-state index in [0.717, 1.165) is 23.1 Å². The lowest BCUT2D eigenvalue weighted by Crippen LogP contribution is -2.32. The smallest absolute Gasteiger partial charge is 0.303 e. The molecule has 3 aromatic rings. The standard InChI is InChI=1S/C25H29NO5S/c1-5-6-16-26(32(28,29)22-14-12-18(2)13-15-22)25-24(21-10-8-7-9-11-21)19(3)23(31-25)17-30-20(4)27/h7-15H,5-6,16-17H2,1-4H3. The van der Waals surface area contributed by atoms with Crippen molar-refractivity contribution in [2.75, 3.05) is 10.8 Å². The number of anilines is 1. The molecule has 0 amide bonds. The molecule has 0 saturated heterocycles. The number of rotatable bonds is 9. The number of ether oxygens (including phenoxy) is 1. The lowest BCUT2D eigenvalue weighted by molar-refractivity contribution is -0.142. The van der Waals surface area contributed by atoms with Crippen molar-refractivity contribution in [2.24, 2.45) is 0 Å². The molecule has 32 heavy (non-hydrogen) atoms. The summed E-state index contributed by atoms with van der Waals surface area (Å²) in [5.41, 5.74) is 3.23. The van der Waals surface area contributed by atoms with Crippen LogP contribution in [0.1, 0.15) is 43.6 Å². The van der Waals surface area contributed by atoms with Gasteiger partial charge in [0.25, 0.3) is 10.0 Å². The second-order valence-corrected chi connectivity index (χ2v) is 9.58. The molecule has 3 rings (SSSR count). The maximum Gasteiger partial charge on any atom is 0.303 e. The van der Waals surface area contributed by atoms with Crippen molar-refractivity contribution < 1.29 is 22.4 Å². The average Bonchev–Trinajstić information content (AvgIpc) is 3.09. The fourth-order valence-corrected chi connectivity index (χ4v) is 4.89. The molecule has 170 valence electrons. The molecule has 2 aromatic carbocycles. The van der Waals surface area contributed by atoms with Crippen molar-refractivity contribution in [3.63, 3.8) is 0 Å². The highest BCUT2D eigenvalue weighted by Gasteiger charge is 2.32. The molecule has 0 fully saturated rings. The minimum Gasteiger partial charge on any atom is -0.458 e. The first-order chi connectivity index (χ1) is 15.3. The molecule has 0 aliphatic carbocycles. The van der Waals surface area contributed by atoms with Gasteiger partial charge in [-0.25, -0.2) is 12.7 Å². The summed E-state index contributed by atoms with van der Waals surface area (Å²) >= 11 is 0. The number of nitrogens with zero attached hydrogens (tertiary/aromatic N) is 1. The molecule has 0 N–H and O–H groups in total. The van der Waals surface area contributed by atoms with Gasteiger partial charge < -0.3 is 9.15 Å². The highest BCUT2D eigenvalue weighted by atomic mass is 32.2. The number of carbonyl (C=O) groups is 1. The maximum absolute atomic E-state index is 13.7. The molecule has 0 atom stereocenters. The first-order valence-corrected chi connectivity index (χ1v) is 12.1. The number of unbranched alkanes of at least 4 members (excludes halogenated alkanes) is 1. The normalized spacial score (nSPS) is 11.4. The molecule has 0 aliphatic rings. The fourth-order valence-electron chi connectivity index (χ4n) is 3.44. The van der Waals surface area contributed by atoms with Crippen LogP contribution < -0.4 is 4.31 Å². The topological polar surface area (TPSA) is 76.8 Å². The quantitative estimate of drug-likeness (QED) is 0.391. The van der Waals surface area contributed by atoms with E-state index in [9.17, 15) is 13.2 Å². The van der Waals surface area contributed by atoms with Crippen LogP contribution in [0.3, 0.4) is 0 Å². The largest absolute Gasteiger partial charge is 0.458 e. The van der Waals surface area contributed by atoms with E-state index in [1.807, 2.05) is 51.1 Å². The summed E-state index contributed by atoms with van der Waals surface area (Å²) in [4.78, 5) is 11.6. The third-order valence-corrected chi connectivity index (χ3v) is 7.04. The second-order valence-electron chi connectivity index (χ2n) is 7.72. The van der Waals surface area contributed by atoms with Crippen LogP contribution in [0.2, 0.25) is 0 Å². The van der Waals surface area contributed by atoms with Gasteiger partial charge in [-0.1, -0.05) is 61.4 Å². The van der Waals surface area contributed by atoms with E-state index >= 15 is 0 Å². The summed E-state index contributed by atoms with van der Waals surface area (Å²) in [6, 6.07) is 16.3. The van der Waals surface area contributed by atoms with Gasteiger partial charge in [-0.2, -0.15) is 0 Å². The van der Waals surface area contributed by atoms with Crippen LogP contribution in [0.5, 0.6) is 0 Å². The summed E-state index contributed by atoms with van der Waals surface area (Å²) in [7, 11) is -3.88. The number of aryl methyl sites for hydroxylation is 1. The Morgan fingerprint density at radius 2 is 1.69 bits per heavy atom. The highest BCUT2D eigenvalue weighted by Crippen LogP contribution is 2.41. The average molecular weight is 456 g/mol. The summed E-state index contributed by atoms with van der Waals surface area (Å²) in [6.07, 6.45) is 1.49. The zero-order valence-corrected chi connectivity index (χ0v) is 19.7. The Morgan fingerprint density at radius 3 is 2.28 bits per heavy atom. The molecule has 0 bridgehead atoms. The Morgan fingerprint density at radius 1 is 1.03 bits per heavy atom. The van der Waals surface area contributed by atoms with Gasteiger partial charge >= 0.3 is 5.97 Å². The van der Waals surface area contributed by atoms with Crippen molar-refractivity contribution in [1.29, 1.82) is 0 Å². The summed E-state index contributed by atoms with van der Waals surface area (Å²) in [5, 5.41) is 0. The van der Waals surface area contributed by atoms with Crippen LogP contribution in [-0.2, 0) is 26.2 Å². The van der Waals surface area contributed by atoms with Crippen LogP contribution in [-0.4, -0.2) is 20.9 Å². The van der Waals surface area contributed by atoms with Gasteiger partial charge in [0.05, 0.1) is 4.90 Å². The molecule has 0 unspecified atom stereocenters. The van der Waals surface area contributed by atoms with Crippen molar-refractivity contribution in [1.82, 2.24) is 0 Å². The predicted octanol–water partition coefficient (Wildman–Crippen LogP) is 5.62. The van der Waals surface area contributed by atoms with E-state index in [1.54, 1.807) is 24.3 Å². The molecule has 0 saturated carbocycles. The lowest BCUT2D eigenvalue weighted by atomic mass is 10.0. The lowest BCUT2D eigenvalue weighted by Gasteiger charge is -2.23. The molecule has 0 aliphatic heterocycles. The number of sulfonamides is 1. The van der Waals surface area contributed by atoms with Gasteiger partial charge in [-0.3, -0.25) is 4.79 Å². The number of hydrogen-bond acceptors (Lipinski definition) is 5. The van der Waals surface area contributed by atoms with Crippen LogP contribution in [0.4, 0.5) is 5.88 Å². The fraction of sp³-hybridized carbons (Fsp3) is 0.320. The monoisotopic (exact) mass is 455 g/mol. The zero-order valence-electron chi connectivity index (χ0n) is 18.9. The molecule has 1 aromatic heterocycles. The van der Waals surface area contributed by atoms with Crippen LogP contribution in [0.25, 0.3) is 11.1 Å². The summed E-state index contributed by atoms with van der Waals surface area (Å²) < 4.78 is 40.0. The number of hydrogen-bond donors (Lipinski definition) is 0. The van der Waals surface area contributed by atoms with Gasteiger partial charge in [0.15, 0.2) is 0 Å². The highest BCUT2D eigenvalue weighted by molar-refractivity contribution is 7.92. The van der Waals surface area contributed by atoms with Gasteiger partial charge in [0.1, 0.15) is 12.4 Å². The van der Waals surface area contributed by atoms with Crippen LogP contribution >= 0.6 is 0 Å². The molecular weight excluding hydrogens is 426 g/mol. The van der Waals surface area contributed by atoms with Crippen LogP contribution in [0, 0.1) is 13.8 Å². The molecule has 7 heteroatoms.